The van der Waals surface area contributed by atoms with E-state index < -0.39 is 23.4 Å². The summed E-state index contributed by atoms with van der Waals surface area (Å²) >= 11 is 0. The predicted molar refractivity (Wildman–Crippen MR) is 106 cm³/mol. The Morgan fingerprint density at radius 3 is 2.71 bits per heavy atom. The Bertz CT molecular complexity index is 1430. The van der Waals surface area contributed by atoms with Crippen molar-refractivity contribution in [3.05, 3.63) is 52.2 Å². The molecule has 0 aromatic carbocycles. The van der Waals surface area contributed by atoms with E-state index in [1.807, 2.05) is 0 Å². The summed E-state index contributed by atoms with van der Waals surface area (Å²) in [5, 5.41) is 19.1. The van der Waals surface area contributed by atoms with Crippen LogP contribution in [0.1, 0.15) is 30.0 Å². The summed E-state index contributed by atoms with van der Waals surface area (Å²) in [5.41, 5.74) is -0.323. The molecule has 0 bridgehead atoms. The van der Waals surface area contributed by atoms with Gasteiger partial charge in [0, 0.05) is 31.3 Å². The van der Waals surface area contributed by atoms with Gasteiger partial charge in [0.2, 0.25) is 5.82 Å². The molecule has 4 aromatic rings. The van der Waals surface area contributed by atoms with Crippen LogP contribution in [0.25, 0.3) is 28.6 Å². The number of carbonyl (C=O) groups is 1. The van der Waals surface area contributed by atoms with Gasteiger partial charge in [0.25, 0.3) is 11.4 Å². The summed E-state index contributed by atoms with van der Waals surface area (Å²) in [5.74, 6) is -0.349. The number of H-pyrrole nitrogens is 1. The highest BCUT2D eigenvalue weighted by atomic mass is 19.4. The fourth-order valence-corrected chi connectivity index (χ4v) is 3.98. The average Bonchev–Trinajstić information content (AvgIpc) is 3.45. The van der Waals surface area contributed by atoms with Crippen LogP contribution in [0.4, 0.5) is 18.0 Å². The molecule has 1 aliphatic rings. The molecule has 34 heavy (non-hydrogen) atoms. The van der Waals surface area contributed by atoms with Crippen molar-refractivity contribution in [3.8, 4) is 23.0 Å². The van der Waals surface area contributed by atoms with Gasteiger partial charge in [-0.3, -0.25) is 9.78 Å². The lowest BCUT2D eigenvalue weighted by molar-refractivity contribution is -0.266. The smallest absolute Gasteiger partial charge is 0.416 e. The lowest BCUT2D eigenvalue weighted by atomic mass is 9.93. The lowest BCUT2D eigenvalue weighted by Gasteiger charge is -2.33. The minimum absolute atomic E-state index is 0.0659. The molecule has 0 unspecified atom stereocenters. The molecule has 176 valence electrons. The van der Waals surface area contributed by atoms with Gasteiger partial charge in [-0.2, -0.15) is 23.3 Å². The second kappa shape index (κ2) is 7.97. The molecule has 5 rings (SSSR count). The van der Waals surface area contributed by atoms with Gasteiger partial charge < -0.3 is 24.3 Å². The SMILES string of the molecule is O=C([O-])N1CCC(c2cc(=O)[nH]c3c(-c4nc(-c5cc(C(F)(F)F)ccn5)no4)cnn23)CC1. The number of nitrogens with one attached hydrogen (secondary N) is 1. The molecule has 11 nitrogen and oxygen atoms in total. The molecule has 14 heteroatoms. The minimum atomic E-state index is -4.56. The molecule has 1 N–H and O–H groups in total. The number of likely N-dealkylation sites (tertiary alicyclic amines) is 1. The Hall–Kier alpha value is -4.23. The maximum absolute atomic E-state index is 13.0. The minimum Gasteiger partial charge on any atom is -0.530 e. The number of nitrogens with zero attached hydrogens (tertiary/aromatic N) is 6. The van der Waals surface area contributed by atoms with E-state index in [-0.39, 0.29) is 47.6 Å². The molecule has 0 aliphatic carbocycles. The van der Waals surface area contributed by atoms with Crippen LogP contribution < -0.4 is 10.7 Å². The standard InChI is InChI=1S/C20H16F3N7O4/c21-20(22,23)11-1-4-24-13(7-11)16-27-18(34-28-16)12-9-25-30-14(8-15(31)26-17(12)30)10-2-5-29(6-3-10)19(32)33/h1,4,7-10H,2-3,5-6H2,(H,26,31)(H,32,33)/p-1. The van der Waals surface area contributed by atoms with Crippen molar-refractivity contribution in [3.63, 3.8) is 0 Å². The Balaban J connectivity index is 1.49. The highest BCUT2D eigenvalue weighted by molar-refractivity contribution is 5.72. The largest absolute Gasteiger partial charge is 0.530 e. The molecule has 1 saturated heterocycles. The van der Waals surface area contributed by atoms with Crippen LogP contribution in [-0.4, -0.2) is 53.8 Å². The zero-order chi connectivity index (χ0) is 24.0. The van der Waals surface area contributed by atoms with E-state index in [0.29, 0.717) is 18.5 Å². The zero-order valence-corrected chi connectivity index (χ0v) is 17.2. The summed E-state index contributed by atoms with van der Waals surface area (Å²) in [4.78, 5) is 35.3. The van der Waals surface area contributed by atoms with E-state index in [4.69, 9.17) is 4.52 Å². The fourth-order valence-electron chi connectivity index (χ4n) is 3.98. The van der Waals surface area contributed by atoms with Crippen LogP contribution in [0.15, 0.2) is 39.9 Å². The van der Waals surface area contributed by atoms with E-state index >= 15 is 0 Å². The van der Waals surface area contributed by atoms with E-state index in [2.05, 4.69) is 25.2 Å². The van der Waals surface area contributed by atoms with Crippen molar-refractivity contribution in [2.75, 3.05) is 13.1 Å². The van der Waals surface area contributed by atoms with E-state index in [1.54, 1.807) is 0 Å². The molecule has 0 saturated carbocycles. The first-order chi connectivity index (χ1) is 16.2. The number of rotatable bonds is 3. The van der Waals surface area contributed by atoms with Crippen LogP contribution in [0.3, 0.4) is 0 Å². The van der Waals surface area contributed by atoms with Gasteiger partial charge in [-0.25, -0.2) is 4.52 Å². The summed E-state index contributed by atoms with van der Waals surface area (Å²) in [6, 6.07) is 3.04. The van der Waals surface area contributed by atoms with Crippen LogP contribution in [0.2, 0.25) is 0 Å². The normalized spacial score (nSPS) is 15.2. The Morgan fingerprint density at radius 1 is 1.24 bits per heavy atom. The van der Waals surface area contributed by atoms with Crippen molar-refractivity contribution < 1.29 is 27.6 Å². The number of aromatic nitrogens is 6. The number of pyridine rings is 1. The number of amides is 1. The number of piperidine rings is 1. The Labute approximate surface area is 187 Å². The second-order valence-corrected chi connectivity index (χ2v) is 7.75. The lowest BCUT2D eigenvalue weighted by Crippen LogP contribution is -2.45. The first-order valence-electron chi connectivity index (χ1n) is 10.2. The van der Waals surface area contributed by atoms with Gasteiger partial charge in [-0.1, -0.05) is 5.16 Å². The maximum atomic E-state index is 13.0. The van der Waals surface area contributed by atoms with Gasteiger partial charge in [-0.15, -0.1) is 0 Å². The highest BCUT2D eigenvalue weighted by Gasteiger charge is 2.31. The summed E-state index contributed by atoms with van der Waals surface area (Å²) in [6.07, 6.45) is -2.44. The molecule has 1 fully saturated rings. The molecule has 1 amide bonds. The van der Waals surface area contributed by atoms with Crippen molar-refractivity contribution in [1.29, 1.82) is 0 Å². The molecule has 4 aromatic heterocycles. The van der Waals surface area contributed by atoms with Gasteiger partial charge in [-0.05, 0) is 25.0 Å². The van der Waals surface area contributed by atoms with E-state index in [0.717, 1.165) is 18.3 Å². The molecule has 0 spiro atoms. The molecule has 1 aliphatic heterocycles. The van der Waals surface area contributed by atoms with Gasteiger partial charge in [0.05, 0.1) is 17.5 Å². The molecule has 0 atom stereocenters. The number of carbonyl (C=O) groups excluding carboxylic acids is 1. The Kier molecular flexibility index (Phi) is 5.06. The fraction of sp³-hybridized carbons (Fsp3) is 0.300. The van der Waals surface area contributed by atoms with Gasteiger partial charge in [0.15, 0.2) is 0 Å². The maximum Gasteiger partial charge on any atom is 0.416 e. The van der Waals surface area contributed by atoms with Crippen LogP contribution in [-0.2, 0) is 6.18 Å². The Morgan fingerprint density at radius 2 is 2.00 bits per heavy atom. The van der Waals surface area contributed by atoms with Crippen LogP contribution in [0.5, 0.6) is 0 Å². The summed E-state index contributed by atoms with van der Waals surface area (Å²) in [7, 11) is 0. The molecular formula is C20H15F3N7O4-. The molecular weight excluding hydrogens is 459 g/mol. The number of hydrogen-bond acceptors (Lipinski definition) is 8. The first-order valence-corrected chi connectivity index (χ1v) is 10.2. The molecule has 5 heterocycles. The van der Waals surface area contributed by atoms with Crippen molar-refractivity contribution in [1.82, 2.24) is 34.6 Å². The number of alkyl halides is 3. The third-order valence-corrected chi connectivity index (χ3v) is 5.68. The predicted octanol–water partition coefficient (Wildman–Crippen LogP) is 1.68. The second-order valence-electron chi connectivity index (χ2n) is 7.75. The highest BCUT2D eigenvalue weighted by Crippen LogP contribution is 2.32. The number of fused-ring (bicyclic) bond motifs is 1. The number of aromatic amines is 1. The third kappa shape index (κ3) is 3.86. The number of hydrogen-bond donors (Lipinski definition) is 1. The number of carboxylic acid groups (broad SMARTS) is 1. The van der Waals surface area contributed by atoms with E-state index in [1.165, 1.54) is 21.7 Å². The zero-order valence-electron chi connectivity index (χ0n) is 17.2. The quantitative estimate of drug-likeness (QED) is 0.472. The van der Waals surface area contributed by atoms with Gasteiger partial charge in [0.1, 0.15) is 23.0 Å². The first kappa shape index (κ1) is 21.6. The van der Waals surface area contributed by atoms with Crippen molar-refractivity contribution >= 4 is 11.7 Å². The summed E-state index contributed by atoms with van der Waals surface area (Å²) < 4.78 is 45.7. The third-order valence-electron chi connectivity index (χ3n) is 5.68. The van der Waals surface area contributed by atoms with E-state index in [9.17, 15) is 27.9 Å². The van der Waals surface area contributed by atoms with Gasteiger partial charge >= 0.3 is 6.18 Å². The monoisotopic (exact) mass is 474 g/mol. The average molecular weight is 474 g/mol. The van der Waals surface area contributed by atoms with Crippen LogP contribution in [0, 0.1) is 0 Å². The van der Waals surface area contributed by atoms with Crippen molar-refractivity contribution in [2.45, 2.75) is 24.9 Å². The van der Waals surface area contributed by atoms with Crippen molar-refractivity contribution in [2.24, 2.45) is 0 Å². The van der Waals surface area contributed by atoms with Crippen LogP contribution >= 0.6 is 0 Å². The summed E-state index contributed by atoms with van der Waals surface area (Å²) in [6.45, 7) is 0.541. The molecule has 0 radical (unpaired) electrons. The topological polar surface area (TPSA) is 145 Å². The number of halogens is 3.